The van der Waals surface area contributed by atoms with Crippen LogP contribution in [-0.4, -0.2) is 16.7 Å². The summed E-state index contributed by atoms with van der Waals surface area (Å²) in [4.78, 5) is 26.2. The van der Waals surface area contributed by atoms with Crippen molar-refractivity contribution in [3.8, 4) is 6.07 Å². The van der Waals surface area contributed by atoms with Crippen molar-refractivity contribution in [1.29, 1.82) is 5.26 Å². The van der Waals surface area contributed by atoms with Crippen LogP contribution in [0.1, 0.15) is 48.5 Å². The van der Waals surface area contributed by atoms with E-state index in [1.54, 1.807) is 48.5 Å². The maximum atomic E-state index is 14.8. The number of Topliss-reactive ketones (excluding diaryl/α,β-unsaturated/α-hetero) is 1. The van der Waals surface area contributed by atoms with Crippen LogP contribution in [0.4, 0.5) is 4.39 Å². The fraction of sp³-hybridized carbons (Fsp3) is 0.240. The predicted octanol–water partition coefficient (Wildman–Crippen LogP) is 3.91. The van der Waals surface area contributed by atoms with Gasteiger partial charge in [0, 0.05) is 23.1 Å². The summed E-state index contributed by atoms with van der Waals surface area (Å²) in [5.41, 5.74) is 10.2. The van der Waals surface area contributed by atoms with E-state index in [2.05, 4.69) is 11.5 Å². The van der Waals surface area contributed by atoms with Crippen LogP contribution in [0.25, 0.3) is 0 Å². The molecule has 0 saturated carbocycles. The van der Waals surface area contributed by atoms with Gasteiger partial charge in [-0.25, -0.2) is 9.40 Å². The number of hydrogen-bond donors (Lipinski definition) is 2. The van der Waals surface area contributed by atoms with Gasteiger partial charge in [0.05, 0.1) is 23.3 Å². The second-order valence-electron chi connectivity index (χ2n) is 8.81. The Morgan fingerprint density at radius 3 is 2.47 bits per heavy atom. The molecule has 162 valence electrons. The van der Waals surface area contributed by atoms with Crippen molar-refractivity contribution in [2.75, 3.05) is 0 Å². The minimum atomic E-state index is -0.926. The zero-order valence-corrected chi connectivity index (χ0v) is 17.9. The van der Waals surface area contributed by atoms with Gasteiger partial charge in [0.25, 0.3) is 5.91 Å². The number of hydrogen-bond acceptors (Lipinski definition) is 5. The van der Waals surface area contributed by atoms with Crippen LogP contribution in [0.5, 0.6) is 0 Å². The highest BCUT2D eigenvalue weighted by Crippen LogP contribution is 2.48. The Morgan fingerprint density at radius 1 is 1.16 bits per heavy atom. The van der Waals surface area contributed by atoms with E-state index >= 15 is 0 Å². The number of carbonyl (C=O) groups is 2. The fourth-order valence-corrected chi connectivity index (χ4v) is 4.41. The van der Waals surface area contributed by atoms with Crippen molar-refractivity contribution in [3.05, 3.63) is 94.2 Å². The van der Waals surface area contributed by atoms with E-state index < -0.39 is 23.1 Å². The molecule has 4 rings (SSSR count). The molecule has 0 fully saturated rings. The summed E-state index contributed by atoms with van der Waals surface area (Å²) in [5, 5.41) is 11.3. The van der Waals surface area contributed by atoms with Crippen molar-refractivity contribution in [3.63, 3.8) is 0 Å². The second kappa shape index (κ2) is 7.97. The van der Waals surface area contributed by atoms with Gasteiger partial charge in [0.2, 0.25) is 0 Å². The molecule has 1 unspecified atom stereocenters. The van der Waals surface area contributed by atoms with Crippen molar-refractivity contribution in [1.82, 2.24) is 10.4 Å². The number of nitrogens with one attached hydrogen (secondary N) is 1. The molecule has 2 aromatic rings. The molecule has 0 aromatic heterocycles. The van der Waals surface area contributed by atoms with Gasteiger partial charge in [-0.15, -0.1) is 0 Å². The van der Waals surface area contributed by atoms with Crippen LogP contribution < -0.4 is 11.2 Å². The molecule has 6 nitrogen and oxygen atoms in total. The maximum absolute atomic E-state index is 14.8. The summed E-state index contributed by atoms with van der Waals surface area (Å²) < 4.78 is 14.8. The minimum Gasteiger partial charge on any atom is -0.383 e. The highest BCUT2D eigenvalue weighted by Gasteiger charge is 2.45. The summed E-state index contributed by atoms with van der Waals surface area (Å²) in [7, 11) is 0. The highest BCUT2D eigenvalue weighted by atomic mass is 19.1. The molecular weight excluding hydrogens is 407 g/mol. The topological polar surface area (TPSA) is 99.2 Å². The van der Waals surface area contributed by atoms with Gasteiger partial charge < -0.3 is 5.73 Å². The van der Waals surface area contributed by atoms with Gasteiger partial charge >= 0.3 is 0 Å². The summed E-state index contributed by atoms with van der Waals surface area (Å²) >= 11 is 0. The zero-order valence-electron chi connectivity index (χ0n) is 17.9. The van der Waals surface area contributed by atoms with Crippen LogP contribution >= 0.6 is 0 Å². The van der Waals surface area contributed by atoms with Crippen LogP contribution in [0.15, 0.2) is 77.3 Å². The largest absolute Gasteiger partial charge is 0.383 e. The average molecular weight is 430 g/mol. The molecule has 1 amide bonds. The SMILES string of the molecule is CC1(C)CC(=O)C2=C(C1)N(NC(=O)c1ccccc1)C(N)=C(C#N)C2c1ccccc1F. The number of allylic oxidation sites excluding steroid dienone is 3. The molecule has 2 aliphatic rings. The number of rotatable bonds is 3. The Hall–Kier alpha value is -3.92. The molecule has 0 saturated heterocycles. The Kier molecular flexibility index (Phi) is 5.31. The number of carbonyl (C=O) groups excluding carboxylic acids is 2. The number of nitriles is 1. The Labute approximate surface area is 185 Å². The summed E-state index contributed by atoms with van der Waals surface area (Å²) in [6.45, 7) is 3.90. The predicted molar refractivity (Wildman–Crippen MR) is 117 cm³/mol. The lowest BCUT2D eigenvalue weighted by atomic mass is 9.69. The van der Waals surface area contributed by atoms with Crippen LogP contribution in [0, 0.1) is 22.6 Å². The van der Waals surface area contributed by atoms with Gasteiger partial charge in [-0.2, -0.15) is 5.26 Å². The Morgan fingerprint density at radius 2 is 1.81 bits per heavy atom. The van der Waals surface area contributed by atoms with E-state index in [0.29, 0.717) is 23.3 Å². The van der Waals surface area contributed by atoms with E-state index in [9.17, 15) is 19.2 Å². The average Bonchev–Trinajstić information content (AvgIpc) is 2.75. The molecule has 0 radical (unpaired) electrons. The number of amides is 1. The molecule has 0 bridgehead atoms. The third-order valence-corrected chi connectivity index (χ3v) is 5.85. The standard InChI is InChI=1S/C25H23FN4O2/c1-25(2)12-19-22(20(31)13-25)21(16-10-6-7-11-18(16)26)17(14-27)23(28)30(19)29-24(32)15-8-4-3-5-9-15/h3-11,21H,12-13,28H2,1-2H3,(H,29,32). The first-order valence-corrected chi connectivity index (χ1v) is 10.3. The quantitative estimate of drug-likeness (QED) is 0.769. The minimum absolute atomic E-state index is 0.0192. The third-order valence-electron chi connectivity index (χ3n) is 5.85. The third kappa shape index (κ3) is 3.65. The zero-order chi connectivity index (χ0) is 23.0. The summed E-state index contributed by atoms with van der Waals surface area (Å²) in [6, 6.07) is 16.7. The van der Waals surface area contributed by atoms with Gasteiger partial charge in [-0.05, 0) is 30.0 Å². The number of hydrazine groups is 1. The second-order valence-corrected chi connectivity index (χ2v) is 8.81. The Balaban J connectivity index is 1.89. The van der Waals surface area contributed by atoms with Crippen molar-refractivity contribution in [2.24, 2.45) is 11.1 Å². The maximum Gasteiger partial charge on any atom is 0.270 e. The highest BCUT2D eigenvalue weighted by molar-refractivity contribution is 6.01. The van der Waals surface area contributed by atoms with Crippen LogP contribution in [-0.2, 0) is 4.79 Å². The lowest BCUT2D eigenvalue weighted by Gasteiger charge is -2.43. The first-order chi connectivity index (χ1) is 15.2. The number of nitrogens with two attached hydrogens (primary N) is 1. The molecular formula is C25H23FN4O2. The van der Waals surface area contributed by atoms with Crippen molar-refractivity contribution < 1.29 is 14.0 Å². The molecule has 3 N–H and O–H groups in total. The van der Waals surface area contributed by atoms with E-state index in [-0.39, 0.29) is 29.2 Å². The first kappa shape index (κ1) is 21.3. The summed E-state index contributed by atoms with van der Waals surface area (Å²) in [6.07, 6.45) is 0.670. The van der Waals surface area contributed by atoms with Crippen LogP contribution in [0.3, 0.4) is 0 Å². The smallest absolute Gasteiger partial charge is 0.270 e. The molecule has 1 aliphatic heterocycles. The molecule has 7 heteroatoms. The van der Waals surface area contributed by atoms with E-state index in [1.165, 1.54) is 11.1 Å². The van der Waals surface area contributed by atoms with Gasteiger partial charge in [-0.1, -0.05) is 50.2 Å². The molecule has 32 heavy (non-hydrogen) atoms. The molecule has 1 aliphatic carbocycles. The van der Waals surface area contributed by atoms with E-state index in [4.69, 9.17) is 5.73 Å². The normalized spacial score (nSPS) is 20.0. The van der Waals surface area contributed by atoms with Gasteiger partial charge in [-0.3, -0.25) is 15.0 Å². The first-order valence-electron chi connectivity index (χ1n) is 10.3. The number of ketones is 1. The number of nitrogens with zero attached hydrogens (tertiary/aromatic N) is 2. The Bertz CT molecular complexity index is 1210. The lowest BCUT2D eigenvalue weighted by Crippen LogP contribution is -2.49. The lowest BCUT2D eigenvalue weighted by molar-refractivity contribution is -0.118. The molecule has 0 spiro atoms. The van der Waals surface area contributed by atoms with Crippen LogP contribution in [0.2, 0.25) is 0 Å². The fourth-order valence-electron chi connectivity index (χ4n) is 4.41. The number of halogens is 1. The molecule has 2 aromatic carbocycles. The van der Waals surface area contributed by atoms with Gasteiger partial charge in [0.15, 0.2) is 5.78 Å². The van der Waals surface area contributed by atoms with Crippen molar-refractivity contribution in [2.45, 2.75) is 32.6 Å². The molecule has 1 atom stereocenters. The number of benzene rings is 2. The van der Waals surface area contributed by atoms with Crippen molar-refractivity contribution >= 4 is 11.7 Å². The molecule has 1 heterocycles. The summed E-state index contributed by atoms with van der Waals surface area (Å²) in [5.74, 6) is -2.09. The monoisotopic (exact) mass is 430 g/mol. The van der Waals surface area contributed by atoms with Gasteiger partial charge in [0.1, 0.15) is 11.6 Å². The van der Waals surface area contributed by atoms with E-state index in [0.717, 1.165) is 0 Å². The van der Waals surface area contributed by atoms with E-state index in [1.807, 2.05) is 13.8 Å².